The summed E-state index contributed by atoms with van der Waals surface area (Å²) in [5.74, 6) is 2.53. The first-order chi connectivity index (χ1) is 10.2. The third-order valence-corrected chi connectivity index (χ3v) is 5.23. The molecule has 1 atom stereocenters. The molecule has 1 aromatic carbocycles. The Labute approximate surface area is 135 Å². The smallest absolute Gasteiger partial charge is 0.175 e. The van der Waals surface area contributed by atoms with Gasteiger partial charge in [0.2, 0.25) is 0 Å². The van der Waals surface area contributed by atoms with Crippen molar-refractivity contribution in [2.75, 3.05) is 13.2 Å². The fraction of sp³-hybridized carbons (Fsp3) is 0.647. The molecule has 0 spiro atoms. The van der Waals surface area contributed by atoms with Gasteiger partial charge in [-0.1, -0.05) is 19.3 Å². The molecule has 1 heterocycles. The van der Waals surface area contributed by atoms with Gasteiger partial charge >= 0.3 is 0 Å². The van der Waals surface area contributed by atoms with Crippen LogP contribution in [0, 0.1) is 5.92 Å². The van der Waals surface area contributed by atoms with Crippen molar-refractivity contribution in [2.24, 2.45) is 5.92 Å². The second kappa shape index (κ2) is 7.01. The van der Waals surface area contributed by atoms with E-state index in [0.29, 0.717) is 19.3 Å². The highest BCUT2D eigenvalue weighted by Gasteiger charge is 2.20. The van der Waals surface area contributed by atoms with Gasteiger partial charge in [-0.2, -0.15) is 0 Å². The van der Waals surface area contributed by atoms with Crippen LogP contribution < -0.4 is 14.8 Å². The van der Waals surface area contributed by atoms with Crippen molar-refractivity contribution in [1.82, 2.24) is 5.32 Å². The first-order valence-corrected chi connectivity index (χ1v) is 8.85. The normalized spacial score (nSPS) is 20.3. The molecule has 116 valence electrons. The average Bonchev–Trinajstić information content (AvgIpc) is 2.53. The Morgan fingerprint density at radius 1 is 1.19 bits per heavy atom. The molecular weight excluding hydrogens is 330 g/mol. The summed E-state index contributed by atoms with van der Waals surface area (Å²) in [5, 5.41) is 3.69. The highest BCUT2D eigenvalue weighted by molar-refractivity contribution is 9.10. The van der Waals surface area contributed by atoms with Crippen LogP contribution in [0.3, 0.4) is 0 Å². The molecule has 1 aliphatic heterocycles. The quantitative estimate of drug-likeness (QED) is 0.876. The lowest BCUT2D eigenvalue weighted by molar-refractivity contribution is 0.170. The van der Waals surface area contributed by atoms with Gasteiger partial charge in [-0.25, -0.2) is 0 Å². The summed E-state index contributed by atoms with van der Waals surface area (Å²) in [6.07, 6.45) is 6.95. The maximum Gasteiger partial charge on any atom is 0.175 e. The number of hydrogen-bond acceptors (Lipinski definition) is 3. The number of benzene rings is 1. The Bertz CT molecular complexity index is 486. The molecule has 0 unspecified atom stereocenters. The highest BCUT2D eigenvalue weighted by atomic mass is 79.9. The van der Waals surface area contributed by atoms with Gasteiger partial charge in [0.25, 0.3) is 0 Å². The van der Waals surface area contributed by atoms with Crippen LogP contribution in [-0.4, -0.2) is 19.3 Å². The van der Waals surface area contributed by atoms with Gasteiger partial charge in [0.1, 0.15) is 13.2 Å². The maximum absolute atomic E-state index is 5.69. The van der Waals surface area contributed by atoms with Crippen LogP contribution >= 0.6 is 15.9 Å². The van der Waals surface area contributed by atoms with Crippen molar-refractivity contribution in [3.8, 4) is 11.5 Å². The third-order valence-electron chi connectivity index (χ3n) is 4.64. The van der Waals surface area contributed by atoms with E-state index in [4.69, 9.17) is 9.47 Å². The van der Waals surface area contributed by atoms with E-state index >= 15 is 0 Å². The van der Waals surface area contributed by atoms with Crippen LogP contribution in [0.2, 0.25) is 0 Å². The zero-order valence-corrected chi connectivity index (χ0v) is 14.2. The molecular formula is C17H24BrNO2. The first kappa shape index (κ1) is 15.2. The van der Waals surface area contributed by atoms with E-state index in [9.17, 15) is 0 Å². The number of ether oxygens (including phenoxy) is 2. The van der Waals surface area contributed by atoms with Crippen LogP contribution in [0.5, 0.6) is 11.5 Å². The molecule has 1 N–H and O–H groups in total. The Kier molecular flexibility index (Phi) is 5.07. The second-order valence-electron chi connectivity index (χ2n) is 6.17. The molecule has 1 aliphatic carbocycles. The summed E-state index contributed by atoms with van der Waals surface area (Å²) in [4.78, 5) is 0. The molecule has 1 saturated carbocycles. The van der Waals surface area contributed by atoms with Crippen LogP contribution in [0.4, 0.5) is 0 Å². The zero-order valence-electron chi connectivity index (χ0n) is 12.7. The summed E-state index contributed by atoms with van der Waals surface area (Å²) in [6, 6.07) is 4.81. The Hall–Kier alpha value is -0.740. The Morgan fingerprint density at radius 3 is 2.76 bits per heavy atom. The minimum Gasteiger partial charge on any atom is -0.486 e. The number of rotatable bonds is 4. The fourth-order valence-corrected chi connectivity index (χ4v) is 3.95. The molecule has 0 aromatic heterocycles. The van der Waals surface area contributed by atoms with Gasteiger partial charge in [-0.3, -0.25) is 0 Å². The van der Waals surface area contributed by atoms with Crippen LogP contribution in [0.1, 0.15) is 44.6 Å². The van der Waals surface area contributed by atoms with Gasteiger partial charge in [0, 0.05) is 12.6 Å². The molecule has 2 aliphatic rings. The largest absolute Gasteiger partial charge is 0.486 e. The SMILES string of the molecule is C[C@H](NCc1cc(Br)c2c(c1)OCCO2)C1CCCCC1. The predicted octanol–water partition coefficient (Wildman–Crippen LogP) is 4.28. The maximum atomic E-state index is 5.69. The van der Waals surface area contributed by atoms with E-state index in [1.165, 1.54) is 37.7 Å². The average molecular weight is 354 g/mol. The summed E-state index contributed by atoms with van der Waals surface area (Å²) >= 11 is 3.58. The van der Waals surface area contributed by atoms with Gasteiger partial charge in [0.15, 0.2) is 11.5 Å². The Morgan fingerprint density at radius 2 is 1.95 bits per heavy atom. The van der Waals surface area contributed by atoms with Gasteiger partial charge in [0.05, 0.1) is 4.47 Å². The molecule has 3 nitrogen and oxygen atoms in total. The van der Waals surface area contributed by atoms with Crippen molar-refractivity contribution >= 4 is 15.9 Å². The van der Waals surface area contributed by atoms with E-state index in [1.807, 2.05) is 0 Å². The monoisotopic (exact) mass is 353 g/mol. The molecule has 0 radical (unpaired) electrons. The van der Waals surface area contributed by atoms with Crippen molar-refractivity contribution in [1.29, 1.82) is 0 Å². The molecule has 0 amide bonds. The molecule has 3 rings (SSSR count). The van der Waals surface area contributed by atoms with E-state index < -0.39 is 0 Å². The molecule has 0 saturated heterocycles. The molecule has 21 heavy (non-hydrogen) atoms. The Balaban J connectivity index is 1.61. The molecule has 1 aromatic rings. The fourth-order valence-electron chi connectivity index (χ4n) is 3.35. The minimum absolute atomic E-state index is 0.581. The first-order valence-electron chi connectivity index (χ1n) is 8.05. The van der Waals surface area contributed by atoms with Crippen LogP contribution in [0.15, 0.2) is 16.6 Å². The van der Waals surface area contributed by atoms with Crippen molar-refractivity contribution in [3.63, 3.8) is 0 Å². The summed E-state index contributed by atoms with van der Waals surface area (Å²) in [5.41, 5.74) is 1.24. The van der Waals surface area contributed by atoms with Crippen molar-refractivity contribution in [3.05, 3.63) is 22.2 Å². The van der Waals surface area contributed by atoms with Crippen LogP contribution in [-0.2, 0) is 6.54 Å². The van der Waals surface area contributed by atoms with Gasteiger partial charge < -0.3 is 14.8 Å². The molecule has 4 heteroatoms. The van der Waals surface area contributed by atoms with Crippen molar-refractivity contribution < 1.29 is 9.47 Å². The van der Waals surface area contributed by atoms with E-state index in [-0.39, 0.29) is 0 Å². The lowest BCUT2D eigenvalue weighted by atomic mass is 9.84. The topological polar surface area (TPSA) is 30.5 Å². The minimum atomic E-state index is 0.581. The van der Waals surface area contributed by atoms with E-state index in [1.54, 1.807) is 0 Å². The van der Waals surface area contributed by atoms with Gasteiger partial charge in [-0.15, -0.1) is 0 Å². The van der Waals surface area contributed by atoms with Gasteiger partial charge in [-0.05, 0) is 59.3 Å². The lowest BCUT2D eigenvalue weighted by Gasteiger charge is -2.28. The predicted molar refractivity (Wildman–Crippen MR) is 88.0 cm³/mol. The molecule has 1 fully saturated rings. The second-order valence-corrected chi connectivity index (χ2v) is 7.02. The zero-order chi connectivity index (χ0) is 14.7. The summed E-state index contributed by atoms with van der Waals surface area (Å²) in [7, 11) is 0. The number of hydrogen-bond donors (Lipinski definition) is 1. The summed E-state index contributed by atoms with van der Waals surface area (Å²) in [6.45, 7) is 4.46. The highest BCUT2D eigenvalue weighted by Crippen LogP contribution is 2.38. The number of nitrogens with one attached hydrogen (secondary N) is 1. The van der Waals surface area contributed by atoms with Crippen molar-refractivity contribution in [2.45, 2.75) is 51.6 Å². The lowest BCUT2D eigenvalue weighted by Crippen LogP contribution is -2.34. The number of fused-ring (bicyclic) bond motifs is 1. The summed E-state index contributed by atoms with van der Waals surface area (Å²) < 4.78 is 12.3. The third kappa shape index (κ3) is 3.72. The van der Waals surface area contributed by atoms with E-state index in [2.05, 4.69) is 40.3 Å². The van der Waals surface area contributed by atoms with Crippen LogP contribution in [0.25, 0.3) is 0 Å². The van der Waals surface area contributed by atoms with E-state index in [0.717, 1.165) is 28.4 Å². The molecule has 0 bridgehead atoms. The standard InChI is InChI=1S/C17H24BrNO2/c1-12(14-5-3-2-4-6-14)19-11-13-9-15(18)17-16(10-13)20-7-8-21-17/h9-10,12,14,19H,2-8,11H2,1H3/t12-/m0/s1. The number of halogens is 1.